The number of hydrogen-bond donors (Lipinski definition) is 4. The molecule has 0 aromatic carbocycles. The molecule has 0 rings (SSSR count). The molecule has 0 fully saturated rings. The molecule has 0 atom stereocenters. The topological polar surface area (TPSA) is 149 Å². The Morgan fingerprint density at radius 1 is 0.609 bits per heavy atom. The van der Waals surface area contributed by atoms with Gasteiger partial charge in [0.2, 0.25) is 0 Å². The van der Waals surface area contributed by atoms with Gasteiger partial charge in [0.1, 0.15) is 0 Å². The number of carboxylic acids is 4. The molecule has 4 N–H and O–H groups in total. The fourth-order valence-electron chi connectivity index (χ4n) is 1.30. The second kappa shape index (κ2) is 19.9. The van der Waals surface area contributed by atoms with E-state index in [0.717, 1.165) is 32.6 Å². The number of rotatable bonds is 10. The first-order chi connectivity index (χ1) is 10.6. The molecule has 23 heavy (non-hydrogen) atoms. The Morgan fingerprint density at radius 3 is 1.04 bits per heavy atom. The first kappa shape index (κ1) is 25.8. The summed E-state index contributed by atoms with van der Waals surface area (Å²) in [5, 5.41) is 32.0. The third-order valence-electron chi connectivity index (χ3n) is 2.25. The smallest absolute Gasteiger partial charge is 0.303 e. The lowest BCUT2D eigenvalue weighted by Gasteiger charge is -1.97. The summed E-state index contributed by atoms with van der Waals surface area (Å²) < 4.78 is 0. The van der Waals surface area contributed by atoms with Crippen LogP contribution < -0.4 is 0 Å². The van der Waals surface area contributed by atoms with E-state index in [-0.39, 0.29) is 12.8 Å². The average Bonchev–Trinajstić information content (AvgIpc) is 2.36. The lowest BCUT2D eigenvalue weighted by Crippen LogP contribution is -1.95. The molecule has 8 heteroatoms. The average molecular weight is 336 g/mol. The molecule has 0 saturated carbocycles. The van der Waals surface area contributed by atoms with E-state index in [4.69, 9.17) is 25.2 Å². The van der Waals surface area contributed by atoms with E-state index < -0.39 is 23.9 Å². The van der Waals surface area contributed by atoms with E-state index in [2.05, 4.69) is 0 Å². The van der Waals surface area contributed by atoms with Gasteiger partial charge in [0, 0.05) is 26.2 Å². The molecule has 0 bridgehead atoms. The van der Waals surface area contributed by atoms with Crippen LogP contribution in [0.4, 0.5) is 0 Å². The zero-order valence-corrected chi connectivity index (χ0v) is 13.8. The van der Waals surface area contributed by atoms with Crippen molar-refractivity contribution in [2.45, 2.75) is 71.6 Å². The largest absolute Gasteiger partial charge is 0.481 e. The van der Waals surface area contributed by atoms with Gasteiger partial charge in [-0.25, -0.2) is 0 Å². The standard InChI is InChI=1S/C9H16O4.C4H8O2.C2H4O2/c10-8(11)6-4-2-1-3-5-7-9(12)13;1-2-3-4(5)6;1-2(3)4/h1-7H2,(H,10,11)(H,12,13);2-3H2,1H3,(H,5,6);1H3,(H,3,4). The Kier molecular flexibility index (Phi) is 22.3. The third kappa shape index (κ3) is 53.7. The van der Waals surface area contributed by atoms with Crippen LogP contribution in [0.3, 0.4) is 0 Å². The molecule has 0 spiro atoms. The van der Waals surface area contributed by atoms with Gasteiger partial charge in [-0.2, -0.15) is 0 Å². The van der Waals surface area contributed by atoms with Crippen molar-refractivity contribution in [2.75, 3.05) is 0 Å². The van der Waals surface area contributed by atoms with E-state index in [1.165, 1.54) is 0 Å². The van der Waals surface area contributed by atoms with E-state index in [1.54, 1.807) is 0 Å². The van der Waals surface area contributed by atoms with Gasteiger partial charge < -0.3 is 20.4 Å². The van der Waals surface area contributed by atoms with E-state index in [0.29, 0.717) is 19.3 Å². The second-order valence-corrected chi connectivity index (χ2v) is 4.72. The van der Waals surface area contributed by atoms with Gasteiger partial charge in [-0.1, -0.05) is 26.2 Å². The summed E-state index contributed by atoms with van der Waals surface area (Å²) in [4.78, 5) is 38.8. The van der Waals surface area contributed by atoms with Crippen LogP contribution in [0.2, 0.25) is 0 Å². The number of carboxylic acid groups (broad SMARTS) is 4. The van der Waals surface area contributed by atoms with Crippen LogP contribution in [0.25, 0.3) is 0 Å². The number of hydrogen-bond acceptors (Lipinski definition) is 4. The Hall–Kier alpha value is -2.12. The summed E-state index contributed by atoms with van der Waals surface area (Å²) >= 11 is 0. The maximum Gasteiger partial charge on any atom is 0.303 e. The van der Waals surface area contributed by atoms with Crippen molar-refractivity contribution in [3.63, 3.8) is 0 Å². The van der Waals surface area contributed by atoms with Gasteiger partial charge in [0.05, 0.1) is 0 Å². The molecule has 0 radical (unpaired) electrons. The van der Waals surface area contributed by atoms with Gasteiger partial charge in [-0.15, -0.1) is 0 Å². The fraction of sp³-hybridized carbons (Fsp3) is 0.733. The Bertz CT molecular complexity index is 316. The molecule has 0 amide bonds. The molecule has 136 valence electrons. The molecule has 0 aromatic rings. The van der Waals surface area contributed by atoms with Gasteiger partial charge in [-0.05, 0) is 19.3 Å². The van der Waals surface area contributed by atoms with Crippen LogP contribution in [0.15, 0.2) is 0 Å². The lowest BCUT2D eigenvalue weighted by molar-refractivity contribution is -0.138. The summed E-state index contributed by atoms with van der Waals surface area (Å²) in [5.41, 5.74) is 0. The number of aliphatic carboxylic acids is 4. The Labute approximate surface area is 136 Å². The molecule has 0 aliphatic heterocycles. The summed E-state index contributed by atoms with van der Waals surface area (Å²) in [5.74, 6) is -3.06. The van der Waals surface area contributed by atoms with Crippen LogP contribution in [-0.2, 0) is 19.2 Å². The molecular formula is C15H28O8. The van der Waals surface area contributed by atoms with Crippen molar-refractivity contribution in [1.29, 1.82) is 0 Å². The predicted octanol–water partition coefficient (Wildman–Crippen LogP) is 2.85. The van der Waals surface area contributed by atoms with Crippen LogP contribution in [0.1, 0.15) is 71.6 Å². The molecular weight excluding hydrogens is 308 g/mol. The summed E-state index contributed by atoms with van der Waals surface area (Å²) in [6.45, 7) is 2.92. The maximum absolute atomic E-state index is 10.1. The molecule has 8 nitrogen and oxygen atoms in total. The molecule has 0 unspecified atom stereocenters. The first-order valence-corrected chi connectivity index (χ1v) is 7.48. The molecule has 0 saturated heterocycles. The monoisotopic (exact) mass is 336 g/mol. The first-order valence-electron chi connectivity index (χ1n) is 7.48. The molecule has 0 aliphatic rings. The van der Waals surface area contributed by atoms with Crippen LogP contribution in [0, 0.1) is 0 Å². The van der Waals surface area contributed by atoms with Gasteiger partial charge in [0.25, 0.3) is 5.97 Å². The zero-order chi connectivity index (χ0) is 18.7. The van der Waals surface area contributed by atoms with Gasteiger partial charge in [-0.3, -0.25) is 19.2 Å². The maximum atomic E-state index is 10.1. The quantitative estimate of drug-likeness (QED) is 0.445. The van der Waals surface area contributed by atoms with Crippen molar-refractivity contribution in [2.24, 2.45) is 0 Å². The highest BCUT2D eigenvalue weighted by atomic mass is 16.4. The van der Waals surface area contributed by atoms with E-state index in [1.807, 2.05) is 6.92 Å². The predicted molar refractivity (Wildman–Crippen MR) is 83.4 cm³/mol. The fourth-order valence-corrected chi connectivity index (χ4v) is 1.30. The second-order valence-electron chi connectivity index (χ2n) is 4.72. The van der Waals surface area contributed by atoms with Crippen LogP contribution >= 0.6 is 0 Å². The summed E-state index contributed by atoms with van der Waals surface area (Å²) in [6, 6.07) is 0. The third-order valence-corrected chi connectivity index (χ3v) is 2.25. The highest BCUT2D eigenvalue weighted by molar-refractivity contribution is 5.67. The minimum atomic E-state index is -0.833. The minimum absolute atomic E-state index is 0.221. The summed E-state index contributed by atoms with van der Waals surface area (Å²) in [6.07, 6.45) is 5.55. The van der Waals surface area contributed by atoms with Crippen LogP contribution in [-0.4, -0.2) is 44.3 Å². The Balaban J connectivity index is -0.000000330. The van der Waals surface area contributed by atoms with Crippen molar-refractivity contribution in [1.82, 2.24) is 0 Å². The molecule has 0 aromatic heterocycles. The number of carbonyl (C=O) groups is 4. The minimum Gasteiger partial charge on any atom is -0.481 e. The van der Waals surface area contributed by atoms with Crippen molar-refractivity contribution < 1.29 is 39.6 Å². The van der Waals surface area contributed by atoms with Gasteiger partial charge in [0.15, 0.2) is 0 Å². The van der Waals surface area contributed by atoms with Gasteiger partial charge >= 0.3 is 17.9 Å². The zero-order valence-electron chi connectivity index (χ0n) is 13.8. The normalized spacial score (nSPS) is 8.78. The summed E-state index contributed by atoms with van der Waals surface area (Å²) in [7, 11) is 0. The van der Waals surface area contributed by atoms with Crippen molar-refractivity contribution in [3.8, 4) is 0 Å². The van der Waals surface area contributed by atoms with Crippen LogP contribution in [0.5, 0.6) is 0 Å². The molecule has 0 heterocycles. The number of unbranched alkanes of at least 4 members (excludes halogenated alkanes) is 4. The highest BCUT2D eigenvalue weighted by Crippen LogP contribution is 2.06. The SMILES string of the molecule is CC(=O)O.CCCC(=O)O.O=C(O)CCCCCCCC(=O)O. The van der Waals surface area contributed by atoms with Crippen molar-refractivity contribution in [3.05, 3.63) is 0 Å². The highest BCUT2D eigenvalue weighted by Gasteiger charge is 1.98. The Morgan fingerprint density at radius 2 is 0.870 bits per heavy atom. The van der Waals surface area contributed by atoms with E-state index >= 15 is 0 Å². The van der Waals surface area contributed by atoms with E-state index in [9.17, 15) is 14.4 Å². The van der Waals surface area contributed by atoms with Crippen molar-refractivity contribution >= 4 is 23.9 Å². The molecule has 0 aliphatic carbocycles. The lowest BCUT2D eigenvalue weighted by atomic mass is 10.1.